The molecule has 4 nitrogen and oxygen atoms in total. The minimum absolute atomic E-state index is 0.581. The van der Waals surface area contributed by atoms with Crippen LogP contribution < -0.4 is 14.8 Å². The van der Waals surface area contributed by atoms with Crippen LogP contribution in [0, 0.1) is 0 Å². The van der Waals surface area contributed by atoms with Crippen molar-refractivity contribution in [3.8, 4) is 11.5 Å². The van der Waals surface area contributed by atoms with E-state index in [1.54, 1.807) is 19.4 Å². The highest BCUT2D eigenvalue weighted by atomic mass is 35.5. The fourth-order valence-electron chi connectivity index (χ4n) is 1.87. The van der Waals surface area contributed by atoms with Crippen molar-refractivity contribution in [3.63, 3.8) is 0 Å². The van der Waals surface area contributed by atoms with Gasteiger partial charge < -0.3 is 19.2 Å². The molecular formula is C15H18ClNO3. The van der Waals surface area contributed by atoms with Crippen LogP contribution in [-0.2, 0) is 13.1 Å². The van der Waals surface area contributed by atoms with Gasteiger partial charge in [0.15, 0.2) is 11.5 Å². The number of furan rings is 1. The van der Waals surface area contributed by atoms with E-state index in [-0.39, 0.29) is 0 Å². The molecule has 1 N–H and O–H groups in total. The average Bonchev–Trinajstić information content (AvgIpc) is 2.95. The van der Waals surface area contributed by atoms with Gasteiger partial charge in [0, 0.05) is 17.6 Å². The molecule has 0 saturated carbocycles. The predicted molar refractivity (Wildman–Crippen MR) is 78.4 cm³/mol. The lowest BCUT2D eigenvalue weighted by Crippen LogP contribution is -2.12. The molecule has 0 fully saturated rings. The normalized spacial score (nSPS) is 10.6. The highest BCUT2D eigenvalue weighted by molar-refractivity contribution is 6.31. The zero-order valence-electron chi connectivity index (χ0n) is 11.6. The number of ether oxygens (including phenoxy) is 2. The smallest absolute Gasteiger partial charge is 0.162 e. The van der Waals surface area contributed by atoms with Crippen molar-refractivity contribution in [3.05, 3.63) is 46.9 Å². The van der Waals surface area contributed by atoms with Crippen LogP contribution in [0.1, 0.15) is 18.2 Å². The number of nitrogens with one attached hydrogen (secondary N) is 1. The predicted octanol–water partition coefficient (Wildman–Crippen LogP) is 3.63. The maximum absolute atomic E-state index is 6.24. The van der Waals surface area contributed by atoms with Gasteiger partial charge in [-0.1, -0.05) is 11.6 Å². The van der Waals surface area contributed by atoms with Crippen molar-refractivity contribution in [2.45, 2.75) is 20.0 Å². The monoisotopic (exact) mass is 295 g/mol. The van der Waals surface area contributed by atoms with Crippen LogP contribution in [0.4, 0.5) is 0 Å². The van der Waals surface area contributed by atoms with Crippen LogP contribution in [0.15, 0.2) is 34.9 Å². The lowest BCUT2D eigenvalue weighted by Gasteiger charge is -2.13. The summed E-state index contributed by atoms with van der Waals surface area (Å²) in [5, 5.41) is 3.93. The van der Waals surface area contributed by atoms with Gasteiger partial charge in [0.05, 0.1) is 26.5 Å². The molecule has 0 unspecified atom stereocenters. The van der Waals surface area contributed by atoms with Gasteiger partial charge >= 0.3 is 0 Å². The van der Waals surface area contributed by atoms with Crippen molar-refractivity contribution in [2.24, 2.45) is 0 Å². The van der Waals surface area contributed by atoms with Crippen molar-refractivity contribution >= 4 is 11.6 Å². The Morgan fingerprint density at radius 3 is 2.75 bits per heavy atom. The van der Waals surface area contributed by atoms with E-state index in [1.807, 2.05) is 25.1 Å². The second-order valence-corrected chi connectivity index (χ2v) is 4.62. The third kappa shape index (κ3) is 3.68. The number of hydrogen-bond donors (Lipinski definition) is 1. The zero-order valence-corrected chi connectivity index (χ0v) is 12.4. The molecule has 2 rings (SSSR count). The van der Waals surface area contributed by atoms with E-state index in [9.17, 15) is 0 Å². The first-order valence-electron chi connectivity index (χ1n) is 6.47. The summed E-state index contributed by atoms with van der Waals surface area (Å²) in [7, 11) is 1.60. The Hall–Kier alpha value is -1.65. The summed E-state index contributed by atoms with van der Waals surface area (Å²) in [4.78, 5) is 0. The molecule has 0 aliphatic rings. The van der Waals surface area contributed by atoms with E-state index in [2.05, 4.69) is 5.32 Å². The zero-order chi connectivity index (χ0) is 14.4. The standard InChI is InChI=1S/C15H18ClNO3/c1-3-19-15-7-11(13(16)8-14(15)18-2)9-17-10-12-5-4-6-20-12/h4-8,17H,3,9-10H2,1-2H3. The highest BCUT2D eigenvalue weighted by Gasteiger charge is 2.10. The maximum Gasteiger partial charge on any atom is 0.162 e. The van der Waals surface area contributed by atoms with E-state index in [4.69, 9.17) is 25.5 Å². The Balaban J connectivity index is 2.04. The lowest BCUT2D eigenvalue weighted by molar-refractivity contribution is 0.310. The molecule has 20 heavy (non-hydrogen) atoms. The molecule has 2 aromatic rings. The topological polar surface area (TPSA) is 43.6 Å². The second-order valence-electron chi connectivity index (χ2n) is 4.21. The van der Waals surface area contributed by atoms with Crippen LogP contribution in [0.5, 0.6) is 11.5 Å². The molecule has 5 heteroatoms. The number of hydrogen-bond acceptors (Lipinski definition) is 4. The summed E-state index contributed by atoms with van der Waals surface area (Å²) in [5.74, 6) is 2.24. The summed E-state index contributed by atoms with van der Waals surface area (Å²) in [6.45, 7) is 3.79. The van der Waals surface area contributed by atoms with E-state index < -0.39 is 0 Å². The first-order chi connectivity index (χ1) is 9.74. The van der Waals surface area contributed by atoms with Crippen LogP contribution >= 0.6 is 11.6 Å². The quantitative estimate of drug-likeness (QED) is 0.847. The number of halogens is 1. The molecule has 0 spiro atoms. The van der Waals surface area contributed by atoms with Crippen molar-refractivity contribution in [1.82, 2.24) is 5.32 Å². The maximum atomic E-state index is 6.24. The fraction of sp³-hybridized carbons (Fsp3) is 0.333. The van der Waals surface area contributed by atoms with Crippen LogP contribution in [0.2, 0.25) is 5.02 Å². The van der Waals surface area contributed by atoms with Gasteiger partial charge in [0.1, 0.15) is 5.76 Å². The lowest BCUT2D eigenvalue weighted by atomic mass is 10.2. The van der Waals surface area contributed by atoms with Crippen molar-refractivity contribution in [2.75, 3.05) is 13.7 Å². The molecular weight excluding hydrogens is 278 g/mol. The fourth-order valence-corrected chi connectivity index (χ4v) is 2.09. The van der Waals surface area contributed by atoms with Gasteiger partial charge in [-0.2, -0.15) is 0 Å². The first-order valence-corrected chi connectivity index (χ1v) is 6.84. The van der Waals surface area contributed by atoms with Gasteiger partial charge in [0.25, 0.3) is 0 Å². The third-order valence-electron chi connectivity index (χ3n) is 2.83. The van der Waals surface area contributed by atoms with Gasteiger partial charge in [-0.3, -0.25) is 0 Å². The molecule has 0 radical (unpaired) electrons. The van der Waals surface area contributed by atoms with Crippen LogP contribution in [-0.4, -0.2) is 13.7 Å². The van der Waals surface area contributed by atoms with Crippen LogP contribution in [0.3, 0.4) is 0 Å². The van der Waals surface area contributed by atoms with Crippen LogP contribution in [0.25, 0.3) is 0 Å². The summed E-state index contributed by atoms with van der Waals surface area (Å²) in [6, 6.07) is 7.47. The van der Waals surface area contributed by atoms with Gasteiger partial charge in [-0.25, -0.2) is 0 Å². The molecule has 0 saturated heterocycles. The Kier molecular flexibility index (Phi) is 5.32. The Morgan fingerprint density at radius 2 is 2.10 bits per heavy atom. The summed E-state index contributed by atoms with van der Waals surface area (Å²) in [6.07, 6.45) is 1.66. The minimum Gasteiger partial charge on any atom is -0.493 e. The Labute approximate surface area is 123 Å². The van der Waals surface area contributed by atoms with Crippen molar-refractivity contribution < 1.29 is 13.9 Å². The molecule has 1 aromatic heterocycles. The molecule has 1 heterocycles. The van der Waals surface area contributed by atoms with Gasteiger partial charge in [-0.15, -0.1) is 0 Å². The molecule has 108 valence electrons. The molecule has 1 aromatic carbocycles. The third-order valence-corrected chi connectivity index (χ3v) is 3.18. The van der Waals surface area contributed by atoms with E-state index in [0.29, 0.717) is 36.2 Å². The molecule has 0 aliphatic heterocycles. The summed E-state index contributed by atoms with van der Waals surface area (Å²) in [5.41, 5.74) is 0.961. The number of benzene rings is 1. The number of rotatable bonds is 7. The largest absolute Gasteiger partial charge is 0.493 e. The molecule has 0 aliphatic carbocycles. The van der Waals surface area contributed by atoms with E-state index in [0.717, 1.165) is 11.3 Å². The molecule has 0 atom stereocenters. The highest BCUT2D eigenvalue weighted by Crippen LogP contribution is 2.33. The molecule has 0 amide bonds. The van der Waals surface area contributed by atoms with E-state index in [1.165, 1.54) is 0 Å². The number of methoxy groups -OCH3 is 1. The van der Waals surface area contributed by atoms with E-state index >= 15 is 0 Å². The van der Waals surface area contributed by atoms with Gasteiger partial charge in [0.2, 0.25) is 0 Å². The van der Waals surface area contributed by atoms with Gasteiger partial charge in [-0.05, 0) is 30.7 Å². The Bertz CT molecular complexity index is 540. The van der Waals surface area contributed by atoms with Crippen molar-refractivity contribution in [1.29, 1.82) is 0 Å². The summed E-state index contributed by atoms with van der Waals surface area (Å²) < 4.78 is 16.1. The average molecular weight is 296 g/mol. The minimum atomic E-state index is 0.581. The Morgan fingerprint density at radius 1 is 1.25 bits per heavy atom. The first kappa shape index (κ1) is 14.8. The second kappa shape index (κ2) is 7.22. The SMILES string of the molecule is CCOc1cc(CNCc2ccco2)c(Cl)cc1OC. The summed E-state index contributed by atoms with van der Waals surface area (Å²) >= 11 is 6.24. The molecule has 0 bridgehead atoms.